The molecule has 8 heteroatoms. The quantitative estimate of drug-likeness (QED) is 0.847. The molecule has 6 nitrogen and oxygen atoms in total. The topological polar surface area (TPSA) is 65.5 Å². The molecule has 0 unspecified atom stereocenters. The van der Waals surface area contributed by atoms with Crippen LogP contribution in [0, 0.1) is 0 Å². The number of hydrogen-bond acceptors (Lipinski definition) is 3. The summed E-state index contributed by atoms with van der Waals surface area (Å²) >= 11 is 12.0. The van der Waals surface area contributed by atoms with Crippen molar-refractivity contribution in [2.24, 2.45) is 0 Å². The molecule has 0 fully saturated rings. The maximum atomic E-state index is 12.7. The van der Waals surface area contributed by atoms with E-state index in [9.17, 15) is 9.59 Å². The molecule has 2 heterocycles. The van der Waals surface area contributed by atoms with E-state index in [0.29, 0.717) is 40.8 Å². The number of benzene rings is 1. The van der Waals surface area contributed by atoms with Crippen molar-refractivity contribution in [3.63, 3.8) is 0 Å². The van der Waals surface area contributed by atoms with Gasteiger partial charge < -0.3 is 15.1 Å². The molecule has 1 aromatic heterocycles. The molecule has 26 heavy (non-hydrogen) atoms. The van der Waals surface area contributed by atoms with Crippen molar-refractivity contribution in [3.05, 3.63) is 57.3 Å². The van der Waals surface area contributed by atoms with Gasteiger partial charge in [0, 0.05) is 44.6 Å². The Morgan fingerprint density at radius 3 is 2.69 bits per heavy atom. The Bertz CT molecular complexity index is 870. The first kappa shape index (κ1) is 18.5. The number of anilines is 1. The number of amides is 3. The number of halogens is 2. The Morgan fingerprint density at radius 2 is 2.00 bits per heavy atom. The van der Waals surface area contributed by atoms with Gasteiger partial charge in [0.1, 0.15) is 0 Å². The molecular weight excluding hydrogens is 375 g/mol. The predicted octanol–water partition coefficient (Wildman–Crippen LogP) is 3.68. The maximum absolute atomic E-state index is 12.7. The van der Waals surface area contributed by atoms with E-state index >= 15 is 0 Å². The molecule has 3 amide bonds. The van der Waals surface area contributed by atoms with Crippen LogP contribution in [0.5, 0.6) is 0 Å². The number of fused-ring (bicyclic) bond motifs is 1. The fourth-order valence-corrected chi connectivity index (χ4v) is 3.37. The van der Waals surface area contributed by atoms with Crippen molar-refractivity contribution in [3.8, 4) is 0 Å². The second-order valence-corrected chi connectivity index (χ2v) is 7.10. The number of rotatable bonds is 2. The normalized spacial score (nSPS) is 13.2. The average Bonchev–Trinajstić information content (AvgIpc) is 2.62. The molecule has 0 atom stereocenters. The zero-order chi connectivity index (χ0) is 18.8. The van der Waals surface area contributed by atoms with Crippen LogP contribution < -0.4 is 5.32 Å². The summed E-state index contributed by atoms with van der Waals surface area (Å²) in [5, 5.41) is 3.66. The highest BCUT2D eigenvalue weighted by molar-refractivity contribution is 6.36. The highest BCUT2D eigenvalue weighted by Gasteiger charge is 2.25. The molecule has 2 aromatic rings. The minimum atomic E-state index is -0.286. The van der Waals surface area contributed by atoms with Gasteiger partial charge in [-0.1, -0.05) is 23.2 Å². The molecule has 0 bridgehead atoms. The third-order valence-corrected chi connectivity index (χ3v) is 4.76. The minimum Gasteiger partial charge on any atom is -0.331 e. The first-order valence-electron chi connectivity index (χ1n) is 8.05. The van der Waals surface area contributed by atoms with Crippen LogP contribution in [0.3, 0.4) is 0 Å². The van der Waals surface area contributed by atoms with Gasteiger partial charge in [-0.2, -0.15) is 0 Å². The number of pyridine rings is 1. The Hall–Kier alpha value is -2.31. The monoisotopic (exact) mass is 392 g/mol. The van der Waals surface area contributed by atoms with Crippen molar-refractivity contribution in [2.45, 2.75) is 13.0 Å². The molecule has 0 saturated carbocycles. The standard InChI is InChI=1S/C18H18Cl2N4O2/c1-23(2)18(26)24-6-5-13-11(10-24)8-21-9-14(13)17(25)22-16-4-3-12(19)7-15(16)20/h3-4,7-9H,5-6,10H2,1-2H3,(H,22,25). The summed E-state index contributed by atoms with van der Waals surface area (Å²) in [6, 6.07) is 4.83. The molecule has 1 aliphatic rings. The molecule has 1 aromatic carbocycles. The van der Waals surface area contributed by atoms with Crippen molar-refractivity contribution in [1.82, 2.24) is 14.8 Å². The van der Waals surface area contributed by atoms with Gasteiger partial charge in [0.25, 0.3) is 5.91 Å². The maximum Gasteiger partial charge on any atom is 0.319 e. The number of nitrogens with one attached hydrogen (secondary N) is 1. The Morgan fingerprint density at radius 1 is 1.23 bits per heavy atom. The predicted molar refractivity (Wildman–Crippen MR) is 102 cm³/mol. The molecular formula is C18H18Cl2N4O2. The lowest BCUT2D eigenvalue weighted by Gasteiger charge is -2.31. The molecule has 0 radical (unpaired) electrons. The molecule has 1 aliphatic heterocycles. The summed E-state index contributed by atoms with van der Waals surface area (Å²) in [5.41, 5.74) is 2.76. The number of urea groups is 1. The summed E-state index contributed by atoms with van der Waals surface area (Å²) in [5.74, 6) is -0.286. The molecule has 1 N–H and O–H groups in total. The summed E-state index contributed by atoms with van der Waals surface area (Å²) < 4.78 is 0. The van der Waals surface area contributed by atoms with Crippen molar-refractivity contribution < 1.29 is 9.59 Å². The van der Waals surface area contributed by atoms with Crippen molar-refractivity contribution in [1.29, 1.82) is 0 Å². The van der Waals surface area contributed by atoms with E-state index in [2.05, 4.69) is 10.3 Å². The number of carbonyl (C=O) groups excluding carboxylic acids is 2. The summed E-state index contributed by atoms with van der Waals surface area (Å²) in [6.07, 6.45) is 3.84. The van der Waals surface area contributed by atoms with Gasteiger partial charge in [0.2, 0.25) is 0 Å². The lowest BCUT2D eigenvalue weighted by molar-refractivity contribution is 0.102. The van der Waals surface area contributed by atoms with Crippen LogP contribution in [0.1, 0.15) is 21.5 Å². The third-order valence-electron chi connectivity index (χ3n) is 4.22. The van der Waals surface area contributed by atoms with Gasteiger partial charge in [-0.15, -0.1) is 0 Å². The number of hydrogen-bond donors (Lipinski definition) is 1. The van der Waals surface area contributed by atoms with E-state index in [1.165, 1.54) is 4.90 Å². The number of aromatic nitrogens is 1. The van der Waals surface area contributed by atoms with Crippen molar-refractivity contribution in [2.75, 3.05) is 26.0 Å². The first-order chi connectivity index (χ1) is 12.4. The highest BCUT2D eigenvalue weighted by atomic mass is 35.5. The second kappa shape index (κ2) is 7.51. The Kier molecular flexibility index (Phi) is 5.34. The average molecular weight is 393 g/mol. The fourth-order valence-electron chi connectivity index (χ4n) is 2.92. The van der Waals surface area contributed by atoms with Crippen LogP contribution in [0.4, 0.5) is 10.5 Å². The van der Waals surface area contributed by atoms with Crippen LogP contribution in [-0.4, -0.2) is 47.4 Å². The molecule has 0 saturated heterocycles. The van der Waals surface area contributed by atoms with E-state index < -0.39 is 0 Å². The molecule has 3 rings (SSSR count). The van der Waals surface area contributed by atoms with Crippen molar-refractivity contribution >= 4 is 40.8 Å². The van der Waals surface area contributed by atoms with Crippen LogP contribution in [0.2, 0.25) is 10.0 Å². The zero-order valence-corrected chi connectivity index (χ0v) is 15.9. The summed E-state index contributed by atoms with van der Waals surface area (Å²) in [4.78, 5) is 32.3. The van der Waals surface area contributed by atoms with Gasteiger partial charge in [0.05, 0.1) is 16.3 Å². The van der Waals surface area contributed by atoms with Crippen LogP contribution >= 0.6 is 23.2 Å². The van der Waals surface area contributed by atoms with Gasteiger partial charge in [-0.3, -0.25) is 9.78 Å². The highest BCUT2D eigenvalue weighted by Crippen LogP contribution is 2.27. The number of nitrogens with zero attached hydrogens (tertiary/aromatic N) is 3. The van der Waals surface area contributed by atoms with E-state index in [4.69, 9.17) is 23.2 Å². The molecule has 0 aliphatic carbocycles. The molecule has 136 valence electrons. The van der Waals surface area contributed by atoms with Gasteiger partial charge >= 0.3 is 6.03 Å². The SMILES string of the molecule is CN(C)C(=O)N1CCc2c(cncc2C(=O)Nc2ccc(Cl)cc2Cl)C1. The minimum absolute atomic E-state index is 0.0570. The number of carbonyl (C=O) groups is 2. The second-order valence-electron chi connectivity index (χ2n) is 6.25. The first-order valence-corrected chi connectivity index (χ1v) is 8.81. The van der Waals surface area contributed by atoms with Crippen LogP contribution in [0.25, 0.3) is 0 Å². The largest absolute Gasteiger partial charge is 0.331 e. The Labute approximate surface area is 161 Å². The van der Waals surface area contributed by atoms with E-state index in [1.807, 2.05) is 0 Å². The van der Waals surface area contributed by atoms with E-state index in [0.717, 1.165) is 11.1 Å². The van der Waals surface area contributed by atoms with Crippen LogP contribution in [-0.2, 0) is 13.0 Å². The van der Waals surface area contributed by atoms with E-state index in [1.54, 1.807) is 49.6 Å². The lowest BCUT2D eigenvalue weighted by atomic mass is 9.97. The Balaban J connectivity index is 1.83. The lowest BCUT2D eigenvalue weighted by Crippen LogP contribution is -2.42. The fraction of sp³-hybridized carbons (Fsp3) is 0.278. The van der Waals surface area contributed by atoms with Gasteiger partial charge in [-0.05, 0) is 35.7 Å². The molecule has 0 spiro atoms. The zero-order valence-electron chi connectivity index (χ0n) is 14.4. The van der Waals surface area contributed by atoms with Crippen LogP contribution in [0.15, 0.2) is 30.6 Å². The van der Waals surface area contributed by atoms with Gasteiger partial charge in [-0.25, -0.2) is 4.79 Å². The summed E-state index contributed by atoms with van der Waals surface area (Å²) in [6.45, 7) is 0.984. The smallest absolute Gasteiger partial charge is 0.319 e. The summed E-state index contributed by atoms with van der Waals surface area (Å²) in [7, 11) is 3.44. The third kappa shape index (κ3) is 3.76. The van der Waals surface area contributed by atoms with Gasteiger partial charge in [0.15, 0.2) is 0 Å². The van der Waals surface area contributed by atoms with E-state index in [-0.39, 0.29) is 11.9 Å².